The van der Waals surface area contributed by atoms with E-state index in [4.69, 9.17) is 5.26 Å². The second-order valence-electron chi connectivity index (χ2n) is 1.09. The van der Waals surface area contributed by atoms with E-state index in [1.165, 1.54) is 6.07 Å². The van der Waals surface area contributed by atoms with Gasteiger partial charge in [0.1, 0.15) is 11.6 Å². The molecular formula is C5H3NO3. The summed E-state index contributed by atoms with van der Waals surface area (Å²) in [6.07, 6.45) is 0. The van der Waals surface area contributed by atoms with Crippen LogP contribution in [0.25, 0.3) is 0 Å². The van der Waals surface area contributed by atoms with Gasteiger partial charge < -0.3 is 4.74 Å². The molecule has 0 aliphatic heterocycles. The topological polar surface area (TPSA) is 67.2 Å². The second kappa shape index (κ2) is 3.38. The maximum Gasteiger partial charge on any atom is 0.355 e. The monoisotopic (exact) mass is 125 g/mol. The average Bonchev–Trinajstić information content (AvgIpc) is 1.87. The number of hydrogen-bond donors (Lipinski definition) is 0. The maximum absolute atomic E-state index is 10.2. The highest BCUT2D eigenvalue weighted by Crippen LogP contribution is 1.88. The highest BCUT2D eigenvalue weighted by atomic mass is 16.6. The molecule has 0 fully saturated rings. The van der Waals surface area contributed by atoms with Gasteiger partial charge in [0.15, 0.2) is 0 Å². The molecule has 0 aliphatic carbocycles. The van der Waals surface area contributed by atoms with E-state index >= 15 is 0 Å². The van der Waals surface area contributed by atoms with Crippen molar-refractivity contribution in [2.45, 2.75) is 0 Å². The van der Waals surface area contributed by atoms with Crippen LogP contribution in [0.3, 0.4) is 0 Å². The van der Waals surface area contributed by atoms with E-state index in [2.05, 4.69) is 11.3 Å². The average molecular weight is 125 g/mol. The standard InChI is InChI=1S/C5H3NO3/c1-4(2-6)5(8)9-3-7/h3H,1H2. The van der Waals surface area contributed by atoms with Crippen molar-refractivity contribution in [3.05, 3.63) is 12.2 Å². The van der Waals surface area contributed by atoms with Crippen LogP contribution in [-0.4, -0.2) is 12.4 Å². The number of hydrogen-bond acceptors (Lipinski definition) is 4. The third kappa shape index (κ3) is 2.24. The first-order valence-electron chi connectivity index (χ1n) is 1.96. The van der Waals surface area contributed by atoms with Gasteiger partial charge in [-0.2, -0.15) is 5.26 Å². The van der Waals surface area contributed by atoms with Crippen LogP contribution in [0.4, 0.5) is 0 Å². The van der Waals surface area contributed by atoms with E-state index in [0.717, 1.165) is 0 Å². The molecule has 4 heteroatoms. The van der Waals surface area contributed by atoms with E-state index in [9.17, 15) is 9.59 Å². The van der Waals surface area contributed by atoms with Crippen LogP contribution in [0.2, 0.25) is 0 Å². The molecule has 46 valence electrons. The minimum atomic E-state index is -1.01. The molecule has 0 saturated carbocycles. The lowest BCUT2D eigenvalue weighted by atomic mass is 10.3. The largest absolute Gasteiger partial charge is 0.391 e. The van der Waals surface area contributed by atoms with Gasteiger partial charge in [0.05, 0.1) is 0 Å². The van der Waals surface area contributed by atoms with Gasteiger partial charge in [-0.25, -0.2) is 4.79 Å². The van der Waals surface area contributed by atoms with Crippen molar-refractivity contribution in [2.75, 3.05) is 0 Å². The van der Waals surface area contributed by atoms with Crippen LogP contribution >= 0.6 is 0 Å². The predicted octanol–water partition coefficient (Wildman–Crippen LogP) is -0.234. The van der Waals surface area contributed by atoms with Gasteiger partial charge >= 0.3 is 12.4 Å². The van der Waals surface area contributed by atoms with Crippen molar-refractivity contribution in [2.24, 2.45) is 0 Å². The quantitative estimate of drug-likeness (QED) is 0.168. The van der Waals surface area contributed by atoms with Crippen LogP contribution in [0.1, 0.15) is 0 Å². The molecule has 0 aromatic rings. The summed E-state index contributed by atoms with van der Waals surface area (Å²) in [6.45, 7) is 2.95. The van der Waals surface area contributed by atoms with Crippen molar-refractivity contribution in [1.82, 2.24) is 0 Å². The van der Waals surface area contributed by atoms with Gasteiger partial charge in [-0.15, -0.1) is 0 Å². The summed E-state index contributed by atoms with van der Waals surface area (Å²) in [7, 11) is 0. The zero-order valence-electron chi connectivity index (χ0n) is 4.46. The lowest BCUT2D eigenvalue weighted by Gasteiger charge is -1.87. The summed E-state index contributed by atoms with van der Waals surface area (Å²) < 4.78 is 3.75. The van der Waals surface area contributed by atoms with Gasteiger partial charge in [-0.3, -0.25) is 4.79 Å². The SMILES string of the molecule is C=C(C#N)C(=O)OC=O. The molecule has 9 heavy (non-hydrogen) atoms. The summed E-state index contributed by atoms with van der Waals surface area (Å²) in [5, 5.41) is 7.97. The third-order valence-electron chi connectivity index (χ3n) is 0.537. The Morgan fingerprint density at radius 3 is 2.67 bits per heavy atom. The molecule has 0 radical (unpaired) electrons. The Bertz CT molecular complexity index is 189. The molecule has 0 saturated heterocycles. The van der Waals surface area contributed by atoms with Gasteiger partial charge in [-0.05, 0) is 0 Å². The van der Waals surface area contributed by atoms with E-state index in [-0.39, 0.29) is 12.0 Å². The molecule has 0 aliphatic rings. The highest BCUT2D eigenvalue weighted by molar-refractivity contribution is 5.95. The van der Waals surface area contributed by atoms with Gasteiger partial charge in [-0.1, -0.05) is 6.58 Å². The lowest BCUT2D eigenvalue weighted by Crippen LogP contribution is -2.03. The first-order valence-corrected chi connectivity index (χ1v) is 1.96. The fourth-order valence-corrected chi connectivity index (χ4v) is 0.160. The molecule has 0 atom stereocenters. The van der Waals surface area contributed by atoms with Gasteiger partial charge in [0.25, 0.3) is 0 Å². The zero-order valence-corrected chi connectivity index (χ0v) is 4.46. The fraction of sp³-hybridized carbons (Fsp3) is 0. The van der Waals surface area contributed by atoms with E-state index in [0.29, 0.717) is 0 Å². The minimum Gasteiger partial charge on any atom is -0.391 e. The number of esters is 1. The first kappa shape index (κ1) is 7.37. The predicted molar refractivity (Wildman–Crippen MR) is 26.9 cm³/mol. The van der Waals surface area contributed by atoms with E-state index in [1.54, 1.807) is 0 Å². The van der Waals surface area contributed by atoms with Crippen molar-refractivity contribution >= 4 is 12.4 Å². The molecule has 0 rings (SSSR count). The number of ether oxygens (including phenoxy) is 1. The zero-order chi connectivity index (χ0) is 7.28. The molecule has 0 amide bonds. The highest BCUT2D eigenvalue weighted by Gasteiger charge is 2.04. The third-order valence-corrected chi connectivity index (χ3v) is 0.537. The Balaban J connectivity index is 3.92. The van der Waals surface area contributed by atoms with E-state index < -0.39 is 5.97 Å². The molecule has 0 aromatic heterocycles. The smallest absolute Gasteiger partial charge is 0.355 e. The fourth-order valence-electron chi connectivity index (χ4n) is 0.160. The summed E-state index contributed by atoms with van der Waals surface area (Å²) in [5.74, 6) is -1.01. The van der Waals surface area contributed by atoms with E-state index in [1.807, 2.05) is 0 Å². The number of carbonyl (C=O) groups excluding carboxylic acids is 2. The maximum atomic E-state index is 10.2. The second-order valence-corrected chi connectivity index (χ2v) is 1.09. The van der Waals surface area contributed by atoms with Crippen LogP contribution in [0.5, 0.6) is 0 Å². The number of nitriles is 1. The van der Waals surface area contributed by atoms with Crippen LogP contribution < -0.4 is 0 Å². The number of nitrogens with zero attached hydrogens (tertiary/aromatic N) is 1. The molecule has 4 nitrogen and oxygen atoms in total. The normalized spacial score (nSPS) is 7.00. The number of rotatable bonds is 2. The van der Waals surface area contributed by atoms with Crippen LogP contribution in [0.15, 0.2) is 12.2 Å². The van der Waals surface area contributed by atoms with Crippen LogP contribution in [0, 0.1) is 11.3 Å². The van der Waals surface area contributed by atoms with Crippen molar-refractivity contribution < 1.29 is 14.3 Å². The summed E-state index contributed by atoms with van der Waals surface area (Å²) in [6, 6.07) is 1.42. The van der Waals surface area contributed by atoms with Gasteiger partial charge in [0, 0.05) is 0 Å². The lowest BCUT2D eigenvalue weighted by molar-refractivity contribution is -0.147. The molecule has 0 spiro atoms. The minimum absolute atomic E-state index is 0.0507. The molecule has 0 heterocycles. The van der Waals surface area contributed by atoms with Crippen molar-refractivity contribution in [1.29, 1.82) is 5.26 Å². The Labute approximate surface area is 51.3 Å². The van der Waals surface area contributed by atoms with Crippen molar-refractivity contribution in [3.8, 4) is 6.07 Å². The summed E-state index contributed by atoms with van der Waals surface area (Å²) in [5.41, 5.74) is -0.387. The van der Waals surface area contributed by atoms with Gasteiger partial charge in [0.2, 0.25) is 0 Å². The summed E-state index contributed by atoms with van der Waals surface area (Å²) in [4.78, 5) is 19.6. The Morgan fingerprint density at radius 1 is 1.78 bits per heavy atom. The molecule has 0 bridgehead atoms. The summed E-state index contributed by atoms with van der Waals surface area (Å²) >= 11 is 0. The molecule has 0 unspecified atom stereocenters. The molecular weight excluding hydrogens is 122 g/mol. The Kier molecular flexibility index (Phi) is 2.77. The van der Waals surface area contributed by atoms with Crippen LogP contribution in [-0.2, 0) is 14.3 Å². The number of carbonyl (C=O) groups is 2. The Morgan fingerprint density at radius 2 is 2.33 bits per heavy atom. The molecule has 0 N–H and O–H groups in total. The molecule has 0 aromatic carbocycles. The van der Waals surface area contributed by atoms with Crippen molar-refractivity contribution in [3.63, 3.8) is 0 Å². The first-order chi connectivity index (χ1) is 4.22. The Hall–Kier alpha value is -1.63.